The van der Waals surface area contributed by atoms with Crippen LogP contribution in [0.25, 0.3) is 0 Å². The molecule has 1 fully saturated rings. The molecule has 0 saturated carbocycles. The van der Waals surface area contributed by atoms with Crippen molar-refractivity contribution >= 4 is 0 Å². The van der Waals surface area contributed by atoms with E-state index in [4.69, 9.17) is 4.74 Å². The minimum absolute atomic E-state index is 0.162. The van der Waals surface area contributed by atoms with Crippen LogP contribution in [0.2, 0.25) is 0 Å². The smallest absolute Gasteiger partial charge is 0.208 e. The Bertz CT molecular complexity index is 121. The summed E-state index contributed by atoms with van der Waals surface area (Å²) in [7, 11) is 0. The van der Waals surface area contributed by atoms with Gasteiger partial charge in [0.05, 0.1) is 6.26 Å². The zero-order chi connectivity index (χ0) is 6.10. The van der Waals surface area contributed by atoms with E-state index in [0.717, 1.165) is 19.6 Å². The van der Waals surface area contributed by atoms with Gasteiger partial charge in [0, 0.05) is 19.6 Å². The topological polar surface area (TPSA) is 24.5 Å². The van der Waals surface area contributed by atoms with Gasteiger partial charge in [-0.1, -0.05) is 0 Å². The molecule has 0 aromatic heterocycles. The fourth-order valence-electron chi connectivity index (χ4n) is 1.21. The van der Waals surface area contributed by atoms with Crippen LogP contribution in [-0.2, 0) is 4.74 Å². The molecule has 2 rings (SSSR count). The van der Waals surface area contributed by atoms with E-state index in [-0.39, 0.29) is 6.35 Å². The summed E-state index contributed by atoms with van der Waals surface area (Å²) in [5.74, 6) is 0. The van der Waals surface area contributed by atoms with Gasteiger partial charge in [0.15, 0.2) is 0 Å². The normalized spacial score (nSPS) is 34.0. The maximum atomic E-state index is 5.24. The van der Waals surface area contributed by atoms with Crippen LogP contribution in [0.5, 0.6) is 0 Å². The second-order valence-electron chi connectivity index (χ2n) is 2.31. The number of nitrogens with zero attached hydrogens (tertiary/aromatic N) is 1. The Labute approximate surface area is 54.3 Å². The molecule has 1 atom stereocenters. The SMILES string of the molecule is C1=COC2NCCN2C1. The standard InChI is InChI=1S/C6H10N2O/c1-3-8-4-2-7-6(8)9-5-1/h1,5-7H,2-4H2. The highest BCUT2D eigenvalue weighted by molar-refractivity contribution is 4.88. The first-order chi connectivity index (χ1) is 4.47. The van der Waals surface area contributed by atoms with E-state index in [1.807, 2.05) is 6.08 Å². The first-order valence-corrected chi connectivity index (χ1v) is 3.25. The van der Waals surface area contributed by atoms with Gasteiger partial charge in [0.1, 0.15) is 0 Å². The summed E-state index contributed by atoms with van der Waals surface area (Å²) in [4.78, 5) is 2.25. The first-order valence-electron chi connectivity index (χ1n) is 3.25. The lowest BCUT2D eigenvalue weighted by molar-refractivity contribution is 0.000609. The van der Waals surface area contributed by atoms with Crippen molar-refractivity contribution in [2.24, 2.45) is 0 Å². The molecule has 0 radical (unpaired) electrons. The van der Waals surface area contributed by atoms with E-state index < -0.39 is 0 Å². The molecule has 0 amide bonds. The summed E-state index contributed by atoms with van der Waals surface area (Å²) in [5, 5.41) is 3.21. The summed E-state index contributed by atoms with van der Waals surface area (Å²) in [6.07, 6.45) is 3.96. The van der Waals surface area contributed by atoms with Crippen LogP contribution in [0, 0.1) is 0 Å². The molecule has 0 bridgehead atoms. The molecule has 9 heavy (non-hydrogen) atoms. The van der Waals surface area contributed by atoms with Gasteiger partial charge in [0.25, 0.3) is 0 Å². The number of ether oxygens (including phenoxy) is 1. The Kier molecular flexibility index (Phi) is 1.17. The quantitative estimate of drug-likeness (QED) is 0.483. The largest absolute Gasteiger partial charge is 0.470 e. The van der Waals surface area contributed by atoms with Crippen LogP contribution in [-0.4, -0.2) is 30.9 Å². The number of hydrogen-bond acceptors (Lipinski definition) is 3. The predicted molar refractivity (Wildman–Crippen MR) is 33.6 cm³/mol. The average Bonchev–Trinajstić information content (AvgIpc) is 2.33. The molecule has 2 aliphatic rings. The van der Waals surface area contributed by atoms with Crippen LogP contribution in [0.1, 0.15) is 0 Å². The summed E-state index contributed by atoms with van der Waals surface area (Å²) in [6, 6.07) is 0. The van der Waals surface area contributed by atoms with Crippen LogP contribution >= 0.6 is 0 Å². The Morgan fingerprint density at radius 2 is 2.67 bits per heavy atom. The van der Waals surface area contributed by atoms with Crippen LogP contribution in [0.4, 0.5) is 0 Å². The van der Waals surface area contributed by atoms with Crippen molar-refractivity contribution in [3.8, 4) is 0 Å². The van der Waals surface area contributed by atoms with Gasteiger partial charge < -0.3 is 4.74 Å². The molecular formula is C6H10N2O. The van der Waals surface area contributed by atoms with Gasteiger partial charge in [-0.05, 0) is 6.08 Å². The Hall–Kier alpha value is -0.540. The fraction of sp³-hybridized carbons (Fsp3) is 0.667. The van der Waals surface area contributed by atoms with Crippen molar-refractivity contribution in [2.75, 3.05) is 19.6 Å². The molecule has 3 nitrogen and oxygen atoms in total. The molecule has 2 heterocycles. The Balaban J connectivity index is 2.07. The van der Waals surface area contributed by atoms with E-state index in [9.17, 15) is 0 Å². The van der Waals surface area contributed by atoms with E-state index in [1.54, 1.807) is 6.26 Å². The van der Waals surface area contributed by atoms with Crippen molar-refractivity contribution < 1.29 is 4.74 Å². The third-order valence-corrected chi connectivity index (χ3v) is 1.69. The lowest BCUT2D eigenvalue weighted by Gasteiger charge is -2.24. The van der Waals surface area contributed by atoms with E-state index in [2.05, 4.69) is 10.2 Å². The monoisotopic (exact) mass is 126 g/mol. The molecule has 1 unspecified atom stereocenters. The second kappa shape index (κ2) is 2.01. The van der Waals surface area contributed by atoms with Crippen molar-refractivity contribution in [1.29, 1.82) is 0 Å². The Morgan fingerprint density at radius 3 is 3.56 bits per heavy atom. The zero-order valence-corrected chi connectivity index (χ0v) is 5.21. The van der Waals surface area contributed by atoms with E-state index in [1.165, 1.54) is 0 Å². The number of nitrogens with one attached hydrogen (secondary N) is 1. The lowest BCUT2D eigenvalue weighted by atomic mass is 10.5. The molecule has 50 valence electrons. The molecule has 0 spiro atoms. The lowest BCUT2D eigenvalue weighted by Crippen LogP contribution is -2.39. The molecule has 2 aliphatic heterocycles. The molecule has 1 saturated heterocycles. The van der Waals surface area contributed by atoms with Crippen LogP contribution in [0.3, 0.4) is 0 Å². The van der Waals surface area contributed by atoms with Crippen molar-refractivity contribution in [2.45, 2.75) is 6.35 Å². The van der Waals surface area contributed by atoms with Crippen LogP contribution < -0.4 is 5.32 Å². The van der Waals surface area contributed by atoms with Crippen molar-refractivity contribution in [3.05, 3.63) is 12.3 Å². The molecular weight excluding hydrogens is 116 g/mol. The van der Waals surface area contributed by atoms with Crippen LogP contribution in [0.15, 0.2) is 12.3 Å². The van der Waals surface area contributed by atoms with Crippen molar-refractivity contribution in [1.82, 2.24) is 10.2 Å². The number of hydrogen-bond donors (Lipinski definition) is 1. The minimum Gasteiger partial charge on any atom is -0.470 e. The molecule has 3 heteroatoms. The fourth-order valence-corrected chi connectivity index (χ4v) is 1.21. The number of rotatable bonds is 0. The predicted octanol–water partition coefficient (Wildman–Crippen LogP) is -0.281. The molecule has 0 aliphatic carbocycles. The average molecular weight is 126 g/mol. The highest BCUT2D eigenvalue weighted by Gasteiger charge is 2.24. The van der Waals surface area contributed by atoms with E-state index in [0.29, 0.717) is 0 Å². The van der Waals surface area contributed by atoms with E-state index >= 15 is 0 Å². The highest BCUT2D eigenvalue weighted by Crippen LogP contribution is 2.08. The maximum Gasteiger partial charge on any atom is 0.208 e. The van der Waals surface area contributed by atoms with Crippen molar-refractivity contribution in [3.63, 3.8) is 0 Å². The second-order valence-corrected chi connectivity index (χ2v) is 2.31. The molecule has 0 aromatic carbocycles. The maximum absolute atomic E-state index is 5.24. The van der Waals surface area contributed by atoms with Gasteiger partial charge >= 0.3 is 0 Å². The minimum atomic E-state index is 0.162. The summed E-state index contributed by atoms with van der Waals surface area (Å²) in [6.45, 7) is 3.18. The van der Waals surface area contributed by atoms with Gasteiger partial charge in [-0.15, -0.1) is 0 Å². The third kappa shape index (κ3) is 0.821. The zero-order valence-electron chi connectivity index (χ0n) is 5.21. The molecule has 0 aromatic rings. The Morgan fingerprint density at radius 1 is 1.67 bits per heavy atom. The summed E-state index contributed by atoms with van der Waals surface area (Å²) < 4.78 is 5.24. The molecule has 1 N–H and O–H groups in total. The van der Waals surface area contributed by atoms with Gasteiger partial charge in [-0.2, -0.15) is 0 Å². The van der Waals surface area contributed by atoms with Gasteiger partial charge in [0.2, 0.25) is 6.35 Å². The third-order valence-electron chi connectivity index (χ3n) is 1.69. The summed E-state index contributed by atoms with van der Waals surface area (Å²) in [5.41, 5.74) is 0. The highest BCUT2D eigenvalue weighted by atomic mass is 16.5. The first kappa shape index (κ1) is 5.26. The van der Waals surface area contributed by atoms with Gasteiger partial charge in [-0.25, -0.2) is 0 Å². The number of fused-ring (bicyclic) bond motifs is 1. The van der Waals surface area contributed by atoms with Gasteiger partial charge in [-0.3, -0.25) is 10.2 Å². The summed E-state index contributed by atoms with van der Waals surface area (Å²) >= 11 is 0.